The molecule has 1 fully saturated rings. The molecule has 2 N–H and O–H groups in total. The van der Waals surface area contributed by atoms with Crippen LogP contribution in [0.2, 0.25) is 0 Å². The Morgan fingerprint density at radius 2 is 2.50 bits per heavy atom. The molecule has 1 saturated heterocycles. The third-order valence-electron chi connectivity index (χ3n) is 1.91. The summed E-state index contributed by atoms with van der Waals surface area (Å²) in [6.07, 6.45) is 4.94. The third kappa shape index (κ3) is 1.97. The monoisotopic (exact) mass is 168 g/mol. The van der Waals surface area contributed by atoms with Gasteiger partial charge in [-0.25, -0.2) is 0 Å². The van der Waals surface area contributed by atoms with Gasteiger partial charge in [-0.2, -0.15) is 0 Å². The van der Waals surface area contributed by atoms with Gasteiger partial charge in [-0.15, -0.1) is 6.42 Å². The average molecular weight is 168 g/mol. The van der Waals surface area contributed by atoms with Crippen molar-refractivity contribution >= 4 is 5.91 Å². The van der Waals surface area contributed by atoms with Crippen molar-refractivity contribution in [3.8, 4) is 12.3 Å². The van der Waals surface area contributed by atoms with Gasteiger partial charge in [0.25, 0.3) is 5.91 Å². The van der Waals surface area contributed by atoms with E-state index in [0.717, 1.165) is 6.54 Å². The zero-order valence-electron chi connectivity index (χ0n) is 6.96. The molecular weight excluding hydrogens is 156 g/mol. The maximum Gasteiger partial charge on any atom is 0.295 e. The van der Waals surface area contributed by atoms with Crippen LogP contribution in [0.3, 0.4) is 0 Å². The van der Waals surface area contributed by atoms with Gasteiger partial charge in [0.1, 0.15) is 0 Å². The van der Waals surface area contributed by atoms with E-state index in [9.17, 15) is 4.79 Å². The highest BCUT2D eigenvalue weighted by molar-refractivity contribution is 5.93. The van der Waals surface area contributed by atoms with Gasteiger partial charge in [-0.05, 0) is 5.92 Å². The van der Waals surface area contributed by atoms with Crippen molar-refractivity contribution in [2.75, 3.05) is 20.2 Å². The number of carbonyl (C=O) groups excluding carboxylic acids is 1. The Balaban J connectivity index is 2.41. The molecule has 1 aliphatic heterocycles. The molecule has 12 heavy (non-hydrogen) atoms. The predicted octanol–water partition coefficient (Wildman–Crippen LogP) is -1.28. The Labute approximate surface area is 71.7 Å². The van der Waals surface area contributed by atoms with Gasteiger partial charge in [-0.1, -0.05) is 0 Å². The first-order valence-corrected chi connectivity index (χ1v) is 3.78. The number of hydrogen-bond donors (Lipinski definition) is 2. The quantitative estimate of drug-likeness (QED) is 0.505. The topological polar surface area (TPSA) is 50.4 Å². The minimum atomic E-state index is -0.384. The Kier molecular flexibility index (Phi) is 3.09. The summed E-state index contributed by atoms with van der Waals surface area (Å²) in [5.74, 6) is 1.62. The molecular formula is C8H12N2O2. The van der Waals surface area contributed by atoms with Gasteiger partial charge >= 0.3 is 0 Å². The van der Waals surface area contributed by atoms with Crippen LogP contribution >= 0.6 is 0 Å². The first-order valence-electron chi connectivity index (χ1n) is 3.78. The predicted molar refractivity (Wildman–Crippen MR) is 44.4 cm³/mol. The maximum absolute atomic E-state index is 10.8. The minimum absolute atomic E-state index is 0.00134. The fraction of sp³-hybridized carbons (Fsp3) is 0.625. The number of amides is 1. The molecule has 0 radical (unpaired) electrons. The van der Waals surface area contributed by atoms with Gasteiger partial charge in [0.2, 0.25) is 0 Å². The fourth-order valence-corrected chi connectivity index (χ4v) is 1.26. The van der Waals surface area contributed by atoms with Crippen LogP contribution in [-0.4, -0.2) is 38.3 Å². The van der Waals surface area contributed by atoms with Gasteiger partial charge in [0, 0.05) is 20.2 Å². The van der Waals surface area contributed by atoms with E-state index in [4.69, 9.17) is 11.2 Å². The molecule has 1 heterocycles. The van der Waals surface area contributed by atoms with Crippen LogP contribution in [0.15, 0.2) is 0 Å². The molecule has 1 rings (SSSR count). The Morgan fingerprint density at radius 1 is 1.75 bits per heavy atom. The maximum atomic E-state index is 10.8. The number of nitrogens with one attached hydrogen (secondary N) is 2. The molecule has 0 spiro atoms. The third-order valence-corrected chi connectivity index (χ3v) is 1.91. The number of hydrogen-bond acceptors (Lipinski definition) is 3. The van der Waals surface area contributed by atoms with Crippen LogP contribution in [0.4, 0.5) is 0 Å². The molecule has 2 atom stereocenters. The lowest BCUT2D eigenvalue weighted by Crippen LogP contribution is -2.42. The lowest BCUT2D eigenvalue weighted by Gasteiger charge is -2.16. The van der Waals surface area contributed by atoms with E-state index in [1.807, 2.05) is 5.92 Å². The second kappa shape index (κ2) is 4.10. The number of methoxy groups -OCH3 is 1. The van der Waals surface area contributed by atoms with E-state index in [1.54, 1.807) is 7.11 Å². The molecule has 0 bridgehead atoms. The molecule has 2 unspecified atom stereocenters. The Hall–Kier alpha value is -1.05. The zero-order chi connectivity index (χ0) is 8.97. The first-order chi connectivity index (χ1) is 5.77. The van der Waals surface area contributed by atoms with Gasteiger partial charge < -0.3 is 15.4 Å². The molecule has 4 nitrogen and oxygen atoms in total. The van der Waals surface area contributed by atoms with Crippen molar-refractivity contribution in [2.45, 2.75) is 12.1 Å². The highest BCUT2D eigenvalue weighted by atomic mass is 16.5. The molecule has 4 heteroatoms. The van der Waals surface area contributed by atoms with Crippen molar-refractivity contribution < 1.29 is 9.53 Å². The lowest BCUT2D eigenvalue weighted by atomic mass is 10.2. The van der Waals surface area contributed by atoms with Gasteiger partial charge in [-0.3, -0.25) is 4.79 Å². The van der Waals surface area contributed by atoms with Gasteiger partial charge in [0.15, 0.2) is 0 Å². The molecule has 1 aliphatic rings. The molecule has 0 saturated carbocycles. The Morgan fingerprint density at radius 3 is 3.08 bits per heavy atom. The van der Waals surface area contributed by atoms with Gasteiger partial charge in [0.05, 0.1) is 12.1 Å². The number of rotatable bonds is 2. The normalized spacial score (nSPS) is 28.0. The van der Waals surface area contributed by atoms with Crippen molar-refractivity contribution in [3.63, 3.8) is 0 Å². The van der Waals surface area contributed by atoms with Crippen molar-refractivity contribution in [1.82, 2.24) is 10.6 Å². The van der Waals surface area contributed by atoms with E-state index in [2.05, 4.69) is 10.6 Å². The summed E-state index contributed by atoms with van der Waals surface area (Å²) in [7, 11) is 1.62. The Bertz CT molecular complexity index is 210. The van der Waals surface area contributed by atoms with Crippen molar-refractivity contribution in [3.05, 3.63) is 0 Å². The number of terminal acetylenes is 1. The average Bonchev–Trinajstić information content (AvgIpc) is 2.51. The van der Waals surface area contributed by atoms with Crippen LogP contribution in [0.5, 0.6) is 0 Å². The van der Waals surface area contributed by atoms with E-state index in [0.29, 0.717) is 6.54 Å². The highest BCUT2D eigenvalue weighted by Crippen LogP contribution is 2.02. The summed E-state index contributed by atoms with van der Waals surface area (Å²) in [4.78, 5) is 10.8. The van der Waals surface area contributed by atoms with Crippen LogP contribution in [-0.2, 0) is 9.53 Å². The first kappa shape index (κ1) is 9.04. The van der Waals surface area contributed by atoms with E-state index < -0.39 is 0 Å². The molecule has 1 amide bonds. The van der Waals surface area contributed by atoms with Crippen LogP contribution in [0.1, 0.15) is 0 Å². The lowest BCUT2D eigenvalue weighted by molar-refractivity contribution is -0.116. The summed E-state index contributed by atoms with van der Waals surface area (Å²) < 4.78 is 5.12. The minimum Gasteiger partial charge on any atom is -0.378 e. The van der Waals surface area contributed by atoms with Crippen LogP contribution in [0, 0.1) is 12.3 Å². The summed E-state index contributed by atoms with van der Waals surface area (Å²) in [5, 5.41) is 5.76. The summed E-state index contributed by atoms with van der Waals surface area (Å²) in [5.41, 5.74) is 0. The fourth-order valence-electron chi connectivity index (χ4n) is 1.26. The standard InChI is InChI=1S/C8H12N2O2/c1-3-8(11)10-6-4-9-5-7(6)12-2/h1,6-7,9H,4-5H2,2H3,(H,10,11). The van der Waals surface area contributed by atoms with Crippen LogP contribution < -0.4 is 10.6 Å². The molecule has 0 aromatic rings. The summed E-state index contributed by atoms with van der Waals surface area (Å²) in [6, 6.07) is -0.00134. The van der Waals surface area contributed by atoms with Crippen molar-refractivity contribution in [1.29, 1.82) is 0 Å². The number of ether oxygens (including phenoxy) is 1. The smallest absolute Gasteiger partial charge is 0.295 e. The largest absolute Gasteiger partial charge is 0.378 e. The second-order valence-electron chi connectivity index (χ2n) is 2.66. The molecule has 0 aliphatic carbocycles. The van der Waals surface area contributed by atoms with E-state index in [1.165, 1.54) is 0 Å². The van der Waals surface area contributed by atoms with Crippen LogP contribution in [0.25, 0.3) is 0 Å². The summed E-state index contributed by atoms with van der Waals surface area (Å²) >= 11 is 0. The molecule has 0 aromatic carbocycles. The zero-order valence-corrected chi connectivity index (χ0v) is 6.96. The summed E-state index contributed by atoms with van der Waals surface area (Å²) in [6.45, 7) is 1.47. The van der Waals surface area contributed by atoms with Crippen molar-refractivity contribution in [2.24, 2.45) is 0 Å². The molecule has 66 valence electrons. The van der Waals surface area contributed by atoms with E-state index in [-0.39, 0.29) is 18.1 Å². The second-order valence-corrected chi connectivity index (χ2v) is 2.66. The molecule has 0 aromatic heterocycles. The SMILES string of the molecule is C#CC(=O)NC1CNCC1OC. The highest BCUT2D eigenvalue weighted by Gasteiger charge is 2.27. The number of carbonyl (C=O) groups is 1. The van der Waals surface area contributed by atoms with E-state index >= 15 is 0 Å².